The van der Waals surface area contributed by atoms with Crippen LogP contribution in [0.1, 0.15) is 16.7 Å². The lowest BCUT2D eigenvalue weighted by Crippen LogP contribution is -2.25. The Kier molecular flexibility index (Phi) is 5.54. The Morgan fingerprint density at radius 2 is 1.50 bits per heavy atom. The SMILES string of the molecule is COc1cc(/C=C2/N=C(c3c(OC)cccc3OC)NC2=O)c(OC)cc1C. The Morgan fingerprint density at radius 3 is 2.07 bits per heavy atom. The van der Waals surface area contributed by atoms with Crippen LogP contribution in [-0.4, -0.2) is 40.2 Å². The van der Waals surface area contributed by atoms with Gasteiger partial charge in [0, 0.05) is 5.56 Å². The molecule has 0 unspecified atom stereocenters. The lowest BCUT2D eigenvalue weighted by Gasteiger charge is -2.12. The molecule has 1 aliphatic rings. The maximum Gasteiger partial charge on any atom is 0.275 e. The molecular formula is C21H22N2O5. The van der Waals surface area contributed by atoms with E-state index in [-0.39, 0.29) is 11.6 Å². The number of nitrogens with zero attached hydrogens (tertiary/aromatic N) is 1. The molecule has 0 fully saturated rings. The van der Waals surface area contributed by atoms with Crippen LogP contribution in [-0.2, 0) is 4.79 Å². The summed E-state index contributed by atoms with van der Waals surface area (Å²) in [6.07, 6.45) is 1.66. The van der Waals surface area contributed by atoms with Crippen molar-refractivity contribution in [3.05, 3.63) is 52.7 Å². The zero-order chi connectivity index (χ0) is 20.3. The second kappa shape index (κ2) is 8.04. The van der Waals surface area contributed by atoms with E-state index in [4.69, 9.17) is 18.9 Å². The maximum absolute atomic E-state index is 12.5. The first kappa shape index (κ1) is 19.3. The summed E-state index contributed by atoms with van der Waals surface area (Å²) in [6.45, 7) is 1.92. The lowest BCUT2D eigenvalue weighted by molar-refractivity contribution is -0.115. The van der Waals surface area contributed by atoms with Gasteiger partial charge in [-0.2, -0.15) is 0 Å². The predicted molar refractivity (Wildman–Crippen MR) is 106 cm³/mol. The van der Waals surface area contributed by atoms with Crippen LogP contribution in [0.25, 0.3) is 6.08 Å². The minimum atomic E-state index is -0.329. The molecule has 0 radical (unpaired) electrons. The van der Waals surface area contributed by atoms with Gasteiger partial charge in [-0.25, -0.2) is 4.99 Å². The first-order valence-corrected chi connectivity index (χ1v) is 8.58. The molecule has 3 rings (SSSR count). The van der Waals surface area contributed by atoms with Gasteiger partial charge in [-0.1, -0.05) is 6.07 Å². The third-order valence-electron chi connectivity index (χ3n) is 4.40. The van der Waals surface area contributed by atoms with Crippen molar-refractivity contribution < 1.29 is 23.7 Å². The Labute approximate surface area is 163 Å². The van der Waals surface area contributed by atoms with Crippen LogP contribution >= 0.6 is 0 Å². The van der Waals surface area contributed by atoms with Crippen molar-refractivity contribution in [2.24, 2.45) is 4.99 Å². The highest BCUT2D eigenvalue weighted by atomic mass is 16.5. The number of benzene rings is 2. The molecule has 1 amide bonds. The fourth-order valence-electron chi connectivity index (χ4n) is 3.01. The molecular weight excluding hydrogens is 360 g/mol. The molecule has 0 bridgehead atoms. The summed E-state index contributed by atoms with van der Waals surface area (Å²) in [4.78, 5) is 17.0. The van der Waals surface area contributed by atoms with Gasteiger partial charge in [0.1, 0.15) is 40.1 Å². The Balaban J connectivity index is 2.09. The summed E-state index contributed by atoms with van der Waals surface area (Å²) in [7, 11) is 6.27. The summed E-state index contributed by atoms with van der Waals surface area (Å²) < 4.78 is 21.6. The molecule has 7 nitrogen and oxygen atoms in total. The zero-order valence-corrected chi connectivity index (χ0v) is 16.5. The molecule has 1 heterocycles. The fraction of sp³-hybridized carbons (Fsp3) is 0.238. The molecule has 0 aromatic heterocycles. The predicted octanol–water partition coefficient (Wildman–Crippen LogP) is 2.95. The second-order valence-corrected chi connectivity index (χ2v) is 6.05. The number of amidine groups is 1. The van der Waals surface area contributed by atoms with E-state index in [0.29, 0.717) is 40.0 Å². The summed E-state index contributed by atoms with van der Waals surface area (Å²) in [6, 6.07) is 9.03. The monoisotopic (exact) mass is 382 g/mol. The largest absolute Gasteiger partial charge is 0.496 e. The number of carbonyl (C=O) groups is 1. The Hall–Kier alpha value is -3.48. The van der Waals surface area contributed by atoms with E-state index in [0.717, 1.165) is 5.56 Å². The average molecular weight is 382 g/mol. The van der Waals surface area contributed by atoms with Gasteiger partial charge in [-0.3, -0.25) is 4.79 Å². The van der Waals surface area contributed by atoms with Crippen LogP contribution in [0.5, 0.6) is 23.0 Å². The van der Waals surface area contributed by atoms with E-state index in [1.807, 2.05) is 19.1 Å². The van der Waals surface area contributed by atoms with Gasteiger partial charge in [0.15, 0.2) is 0 Å². The Morgan fingerprint density at radius 1 is 0.893 bits per heavy atom. The molecule has 146 valence electrons. The van der Waals surface area contributed by atoms with Crippen molar-refractivity contribution >= 4 is 17.8 Å². The highest BCUT2D eigenvalue weighted by Gasteiger charge is 2.26. The van der Waals surface area contributed by atoms with Crippen LogP contribution in [0.4, 0.5) is 0 Å². The number of rotatable bonds is 6. The third-order valence-corrected chi connectivity index (χ3v) is 4.40. The molecule has 7 heteroatoms. The summed E-state index contributed by atoms with van der Waals surface area (Å²) in [5.74, 6) is 2.45. The standard InChI is InChI=1S/C21H22N2O5/c1-12-9-18(28-5)13(11-17(12)27-4)10-14-21(24)23-20(22-14)19-15(25-2)7-6-8-16(19)26-3/h6-11H,1-5H3,(H,22,23,24)/b14-10+. The first-order chi connectivity index (χ1) is 13.5. The summed E-state index contributed by atoms with van der Waals surface area (Å²) >= 11 is 0. The molecule has 0 saturated carbocycles. The van der Waals surface area contributed by atoms with E-state index >= 15 is 0 Å². The molecule has 28 heavy (non-hydrogen) atoms. The van der Waals surface area contributed by atoms with Gasteiger partial charge < -0.3 is 24.3 Å². The number of amides is 1. The molecule has 0 atom stereocenters. The van der Waals surface area contributed by atoms with E-state index in [1.54, 1.807) is 52.7 Å². The van der Waals surface area contributed by atoms with Gasteiger partial charge in [-0.05, 0) is 42.8 Å². The third kappa shape index (κ3) is 3.51. The summed E-state index contributed by atoms with van der Waals surface area (Å²) in [5.41, 5.74) is 2.44. The first-order valence-electron chi connectivity index (χ1n) is 8.58. The molecule has 2 aromatic rings. The van der Waals surface area contributed by atoms with Crippen molar-refractivity contribution in [3.8, 4) is 23.0 Å². The van der Waals surface area contributed by atoms with Crippen LogP contribution in [0.3, 0.4) is 0 Å². The Bertz CT molecular complexity index is 957. The number of methoxy groups -OCH3 is 4. The molecule has 0 aliphatic carbocycles. The smallest absolute Gasteiger partial charge is 0.275 e. The molecule has 0 saturated heterocycles. The topological polar surface area (TPSA) is 78.4 Å². The van der Waals surface area contributed by atoms with Gasteiger partial charge in [0.05, 0.1) is 28.4 Å². The van der Waals surface area contributed by atoms with Crippen LogP contribution < -0.4 is 24.3 Å². The number of carbonyl (C=O) groups excluding carboxylic acids is 1. The van der Waals surface area contributed by atoms with Crippen molar-refractivity contribution in [2.75, 3.05) is 28.4 Å². The molecule has 1 aliphatic heterocycles. The average Bonchev–Trinajstić information content (AvgIpc) is 3.07. The van der Waals surface area contributed by atoms with E-state index in [9.17, 15) is 4.79 Å². The van der Waals surface area contributed by atoms with Gasteiger partial charge in [-0.15, -0.1) is 0 Å². The van der Waals surface area contributed by atoms with Crippen LogP contribution in [0, 0.1) is 6.92 Å². The highest BCUT2D eigenvalue weighted by Crippen LogP contribution is 2.33. The number of hydrogen-bond acceptors (Lipinski definition) is 6. The zero-order valence-electron chi connectivity index (χ0n) is 16.5. The van der Waals surface area contributed by atoms with E-state index in [2.05, 4.69) is 10.3 Å². The molecule has 0 spiro atoms. The maximum atomic E-state index is 12.5. The number of hydrogen-bond donors (Lipinski definition) is 1. The van der Waals surface area contributed by atoms with Gasteiger partial charge in [0.2, 0.25) is 0 Å². The summed E-state index contributed by atoms with van der Waals surface area (Å²) in [5, 5.41) is 2.78. The number of ether oxygens (including phenoxy) is 4. The van der Waals surface area contributed by atoms with E-state index in [1.165, 1.54) is 0 Å². The molecule has 1 N–H and O–H groups in total. The van der Waals surface area contributed by atoms with Crippen LogP contribution in [0.15, 0.2) is 41.0 Å². The number of aryl methyl sites for hydroxylation is 1. The minimum absolute atomic E-state index is 0.243. The second-order valence-electron chi connectivity index (χ2n) is 6.05. The number of nitrogens with one attached hydrogen (secondary N) is 1. The van der Waals surface area contributed by atoms with Crippen LogP contribution in [0.2, 0.25) is 0 Å². The minimum Gasteiger partial charge on any atom is -0.496 e. The van der Waals surface area contributed by atoms with Crippen molar-refractivity contribution in [1.29, 1.82) is 0 Å². The van der Waals surface area contributed by atoms with E-state index < -0.39 is 0 Å². The van der Waals surface area contributed by atoms with Gasteiger partial charge in [0.25, 0.3) is 5.91 Å². The normalized spacial score (nSPS) is 14.5. The number of aliphatic imine (C=N–C) groups is 1. The fourth-order valence-corrected chi connectivity index (χ4v) is 3.01. The van der Waals surface area contributed by atoms with Crippen molar-refractivity contribution in [2.45, 2.75) is 6.92 Å². The van der Waals surface area contributed by atoms with Crippen molar-refractivity contribution in [3.63, 3.8) is 0 Å². The quantitative estimate of drug-likeness (QED) is 0.777. The van der Waals surface area contributed by atoms with Gasteiger partial charge >= 0.3 is 0 Å². The highest BCUT2D eigenvalue weighted by molar-refractivity contribution is 6.21. The molecule has 2 aromatic carbocycles. The van der Waals surface area contributed by atoms with Crippen molar-refractivity contribution in [1.82, 2.24) is 5.32 Å². The lowest BCUT2D eigenvalue weighted by atomic mass is 10.1.